The van der Waals surface area contributed by atoms with E-state index in [4.69, 9.17) is 17.3 Å². The number of nitrogens with zero attached hydrogens (tertiary/aromatic N) is 2. The first kappa shape index (κ1) is 14.1. The van der Waals surface area contributed by atoms with Gasteiger partial charge in [0, 0.05) is 12.6 Å². The van der Waals surface area contributed by atoms with Gasteiger partial charge in [-0.2, -0.15) is 0 Å². The normalized spacial score (nSPS) is 12.8. The maximum atomic E-state index is 5.84. The third-order valence-electron chi connectivity index (χ3n) is 2.70. The van der Waals surface area contributed by atoms with Crippen LogP contribution in [0.5, 0.6) is 0 Å². The first-order valence-electron chi connectivity index (χ1n) is 5.97. The highest BCUT2D eigenvalue weighted by molar-refractivity contribution is 6.29. The molecular weight excluding hydrogens is 236 g/mol. The van der Waals surface area contributed by atoms with Gasteiger partial charge in [-0.15, -0.1) is 0 Å². The van der Waals surface area contributed by atoms with E-state index in [1.54, 1.807) is 12.1 Å². The summed E-state index contributed by atoms with van der Waals surface area (Å²) in [6, 6.07) is 3.74. The summed E-state index contributed by atoms with van der Waals surface area (Å²) < 4.78 is 0. The van der Waals surface area contributed by atoms with Crippen molar-refractivity contribution in [2.24, 2.45) is 0 Å². The minimum absolute atomic E-state index is 0.281. The molecule has 0 saturated heterocycles. The number of rotatable bonds is 6. The van der Waals surface area contributed by atoms with Gasteiger partial charge in [-0.05, 0) is 32.1 Å². The lowest BCUT2D eigenvalue weighted by Crippen LogP contribution is -2.35. The Labute approximate surface area is 108 Å². The predicted molar refractivity (Wildman–Crippen MR) is 74.5 cm³/mol. The van der Waals surface area contributed by atoms with E-state index >= 15 is 0 Å². The Hall–Kier alpha value is -1.00. The SMILES string of the molecule is CCN(CC)CC(C)Nc1nc(Cl)ccc1N. The van der Waals surface area contributed by atoms with E-state index in [9.17, 15) is 0 Å². The minimum Gasteiger partial charge on any atom is -0.396 e. The molecule has 4 nitrogen and oxygen atoms in total. The largest absolute Gasteiger partial charge is 0.396 e. The highest BCUT2D eigenvalue weighted by atomic mass is 35.5. The van der Waals surface area contributed by atoms with Gasteiger partial charge in [-0.25, -0.2) is 4.98 Å². The monoisotopic (exact) mass is 256 g/mol. The Balaban J connectivity index is 2.61. The van der Waals surface area contributed by atoms with Crippen LogP contribution in [0.25, 0.3) is 0 Å². The minimum atomic E-state index is 0.281. The van der Waals surface area contributed by atoms with Gasteiger partial charge < -0.3 is 16.0 Å². The summed E-state index contributed by atoms with van der Waals surface area (Å²) in [6.07, 6.45) is 0. The van der Waals surface area contributed by atoms with Crippen LogP contribution in [0.3, 0.4) is 0 Å². The zero-order valence-corrected chi connectivity index (χ0v) is 11.5. The number of hydrogen-bond acceptors (Lipinski definition) is 4. The van der Waals surface area contributed by atoms with Crippen molar-refractivity contribution in [2.45, 2.75) is 26.8 Å². The van der Waals surface area contributed by atoms with E-state index in [0.717, 1.165) is 19.6 Å². The predicted octanol–water partition coefficient (Wildman–Crippen LogP) is 2.46. The number of nitrogen functional groups attached to an aromatic ring is 1. The van der Waals surface area contributed by atoms with Gasteiger partial charge in [0.2, 0.25) is 0 Å². The van der Waals surface area contributed by atoms with Crippen LogP contribution in [0.15, 0.2) is 12.1 Å². The number of anilines is 2. The number of hydrogen-bond donors (Lipinski definition) is 2. The molecule has 1 heterocycles. The van der Waals surface area contributed by atoms with Crippen LogP contribution >= 0.6 is 11.6 Å². The molecule has 96 valence electrons. The number of aromatic nitrogens is 1. The molecule has 0 bridgehead atoms. The first-order valence-corrected chi connectivity index (χ1v) is 6.35. The Morgan fingerprint density at radius 2 is 2.06 bits per heavy atom. The fourth-order valence-corrected chi connectivity index (χ4v) is 1.86. The number of nitrogens with two attached hydrogens (primary N) is 1. The van der Waals surface area contributed by atoms with E-state index in [1.807, 2.05) is 0 Å². The van der Waals surface area contributed by atoms with Gasteiger partial charge in [0.15, 0.2) is 5.82 Å². The van der Waals surface area contributed by atoms with Crippen LogP contribution in [0.2, 0.25) is 5.15 Å². The van der Waals surface area contributed by atoms with Crippen LogP contribution in [0.4, 0.5) is 11.5 Å². The lowest BCUT2D eigenvalue weighted by Gasteiger charge is -2.24. The van der Waals surface area contributed by atoms with E-state index in [0.29, 0.717) is 16.7 Å². The molecule has 0 radical (unpaired) electrons. The molecule has 0 aromatic carbocycles. The summed E-state index contributed by atoms with van der Waals surface area (Å²) in [7, 11) is 0. The summed E-state index contributed by atoms with van der Waals surface area (Å²) in [5.74, 6) is 0.664. The third-order valence-corrected chi connectivity index (χ3v) is 2.91. The van der Waals surface area contributed by atoms with Crippen molar-refractivity contribution in [3.05, 3.63) is 17.3 Å². The van der Waals surface area contributed by atoms with Crippen LogP contribution in [0, 0.1) is 0 Å². The van der Waals surface area contributed by atoms with Gasteiger partial charge >= 0.3 is 0 Å². The second kappa shape index (κ2) is 6.67. The van der Waals surface area contributed by atoms with Crippen molar-refractivity contribution < 1.29 is 0 Å². The van der Waals surface area contributed by atoms with E-state index in [-0.39, 0.29) is 6.04 Å². The van der Waals surface area contributed by atoms with Gasteiger partial charge in [-0.3, -0.25) is 0 Å². The molecule has 0 fully saturated rings. The van der Waals surface area contributed by atoms with Crippen LogP contribution in [-0.2, 0) is 0 Å². The van der Waals surface area contributed by atoms with E-state index in [1.165, 1.54) is 0 Å². The van der Waals surface area contributed by atoms with Crippen molar-refractivity contribution >= 4 is 23.1 Å². The van der Waals surface area contributed by atoms with Gasteiger partial charge in [0.05, 0.1) is 5.69 Å². The average Bonchev–Trinajstić information content (AvgIpc) is 2.31. The Bertz CT molecular complexity index is 352. The van der Waals surface area contributed by atoms with Gasteiger partial charge in [0.1, 0.15) is 5.15 Å². The fourth-order valence-electron chi connectivity index (χ4n) is 1.71. The maximum absolute atomic E-state index is 5.84. The molecule has 5 heteroatoms. The molecule has 1 unspecified atom stereocenters. The second-order valence-corrected chi connectivity index (χ2v) is 4.49. The summed E-state index contributed by atoms with van der Waals surface area (Å²) in [5, 5.41) is 3.74. The van der Waals surface area contributed by atoms with Crippen LogP contribution in [-0.4, -0.2) is 35.6 Å². The van der Waals surface area contributed by atoms with Crippen molar-refractivity contribution in [3.8, 4) is 0 Å². The summed E-state index contributed by atoms with van der Waals surface area (Å²) >= 11 is 5.84. The lowest BCUT2D eigenvalue weighted by atomic mass is 10.3. The molecule has 0 amide bonds. The molecule has 0 aliphatic rings. The highest BCUT2D eigenvalue weighted by Crippen LogP contribution is 2.19. The van der Waals surface area contributed by atoms with Crippen LogP contribution in [0.1, 0.15) is 20.8 Å². The summed E-state index contributed by atoms with van der Waals surface area (Å²) in [6.45, 7) is 9.47. The van der Waals surface area contributed by atoms with Crippen molar-refractivity contribution in [1.29, 1.82) is 0 Å². The van der Waals surface area contributed by atoms with Crippen molar-refractivity contribution in [1.82, 2.24) is 9.88 Å². The van der Waals surface area contributed by atoms with Crippen molar-refractivity contribution in [3.63, 3.8) is 0 Å². The third kappa shape index (κ3) is 4.40. The quantitative estimate of drug-likeness (QED) is 0.768. The lowest BCUT2D eigenvalue weighted by molar-refractivity contribution is 0.294. The zero-order chi connectivity index (χ0) is 12.8. The molecule has 0 spiro atoms. The molecule has 3 N–H and O–H groups in total. The molecule has 0 aliphatic heterocycles. The van der Waals surface area contributed by atoms with Gasteiger partial charge in [-0.1, -0.05) is 25.4 Å². The molecule has 1 rings (SSSR count). The molecule has 1 aromatic rings. The van der Waals surface area contributed by atoms with Crippen LogP contribution < -0.4 is 11.1 Å². The Kier molecular flexibility index (Phi) is 5.51. The number of nitrogens with one attached hydrogen (secondary N) is 1. The van der Waals surface area contributed by atoms with Crippen molar-refractivity contribution in [2.75, 3.05) is 30.7 Å². The fraction of sp³-hybridized carbons (Fsp3) is 0.583. The molecule has 17 heavy (non-hydrogen) atoms. The number of likely N-dealkylation sites (N-methyl/N-ethyl adjacent to an activating group) is 1. The zero-order valence-electron chi connectivity index (χ0n) is 10.7. The Morgan fingerprint density at radius 1 is 1.41 bits per heavy atom. The Morgan fingerprint density at radius 3 is 2.65 bits per heavy atom. The summed E-state index contributed by atoms with van der Waals surface area (Å²) in [4.78, 5) is 6.53. The number of halogens is 1. The van der Waals surface area contributed by atoms with E-state index in [2.05, 4.69) is 36.0 Å². The molecule has 1 aromatic heterocycles. The summed E-state index contributed by atoms with van der Waals surface area (Å²) in [5.41, 5.74) is 6.46. The molecule has 0 saturated carbocycles. The molecule has 1 atom stereocenters. The molecular formula is C12H21ClN4. The smallest absolute Gasteiger partial charge is 0.151 e. The highest BCUT2D eigenvalue weighted by Gasteiger charge is 2.09. The maximum Gasteiger partial charge on any atom is 0.151 e. The first-order chi connectivity index (χ1) is 8.06. The topological polar surface area (TPSA) is 54.2 Å². The number of pyridine rings is 1. The average molecular weight is 257 g/mol. The van der Waals surface area contributed by atoms with Gasteiger partial charge in [0.25, 0.3) is 0 Å². The standard InChI is InChI=1S/C12H21ClN4/c1-4-17(5-2)8-9(3)15-12-10(14)6-7-11(13)16-12/h6-7,9H,4-5,8,14H2,1-3H3,(H,15,16). The van der Waals surface area contributed by atoms with E-state index < -0.39 is 0 Å². The molecule has 0 aliphatic carbocycles. The second-order valence-electron chi connectivity index (χ2n) is 4.10.